The van der Waals surface area contributed by atoms with Gasteiger partial charge in [0, 0.05) is 23.3 Å². The van der Waals surface area contributed by atoms with Crippen molar-refractivity contribution in [1.82, 2.24) is 0 Å². The Kier molecular flexibility index (Phi) is 3.90. The number of fused-ring (bicyclic) bond motifs is 4. The molecule has 4 rings (SSSR count). The third-order valence-corrected chi connectivity index (χ3v) is 6.19. The molecule has 2 aromatic rings. The van der Waals surface area contributed by atoms with Crippen LogP contribution in [-0.2, 0) is 5.41 Å². The topological polar surface area (TPSA) is 3.24 Å². The van der Waals surface area contributed by atoms with Crippen LogP contribution < -0.4 is 4.90 Å². The highest BCUT2D eigenvalue weighted by atomic mass is 15.2. The van der Waals surface area contributed by atoms with Crippen LogP contribution in [0.2, 0.25) is 0 Å². The van der Waals surface area contributed by atoms with Crippen LogP contribution in [0.1, 0.15) is 57.9 Å². The van der Waals surface area contributed by atoms with Crippen LogP contribution in [0.25, 0.3) is 10.8 Å². The van der Waals surface area contributed by atoms with E-state index in [2.05, 4.69) is 61.7 Å². The first-order valence-corrected chi connectivity index (χ1v) is 9.63. The van der Waals surface area contributed by atoms with E-state index in [-0.39, 0.29) is 5.41 Å². The molecule has 1 spiro atoms. The second-order valence-electron chi connectivity index (χ2n) is 8.10. The van der Waals surface area contributed by atoms with Gasteiger partial charge in [0.1, 0.15) is 0 Å². The summed E-state index contributed by atoms with van der Waals surface area (Å²) in [4.78, 5) is 2.55. The average molecular weight is 319 g/mol. The number of nitrogens with zero attached hydrogens (tertiary/aromatic N) is 1. The van der Waals surface area contributed by atoms with Gasteiger partial charge in [-0.15, -0.1) is 0 Å². The SMILES string of the molecule is C=C1N(CCC(C)C)c2ccc3ccccc3c2C12CCCCC2. The van der Waals surface area contributed by atoms with E-state index in [1.807, 2.05) is 0 Å². The maximum Gasteiger partial charge on any atom is 0.0457 e. The normalized spacial score (nSPS) is 19.5. The van der Waals surface area contributed by atoms with Gasteiger partial charge in [-0.1, -0.05) is 70.0 Å². The fourth-order valence-corrected chi connectivity index (χ4v) is 4.87. The molecule has 1 aliphatic carbocycles. The molecule has 1 heterocycles. The number of anilines is 1. The molecule has 1 aliphatic heterocycles. The lowest BCUT2D eigenvalue weighted by Crippen LogP contribution is -2.33. The highest BCUT2D eigenvalue weighted by Gasteiger charge is 2.47. The van der Waals surface area contributed by atoms with Crippen molar-refractivity contribution < 1.29 is 0 Å². The molecule has 0 aromatic heterocycles. The second-order valence-corrected chi connectivity index (χ2v) is 8.10. The minimum Gasteiger partial charge on any atom is -0.345 e. The van der Waals surface area contributed by atoms with Gasteiger partial charge in [0.25, 0.3) is 0 Å². The van der Waals surface area contributed by atoms with E-state index in [0.717, 1.165) is 12.5 Å². The summed E-state index contributed by atoms with van der Waals surface area (Å²) >= 11 is 0. The lowest BCUT2D eigenvalue weighted by atomic mass is 9.68. The molecule has 0 saturated heterocycles. The minimum absolute atomic E-state index is 0.186. The van der Waals surface area contributed by atoms with E-state index >= 15 is 0 Å². The fraction of sp³-hybridized carbons (Fsp3) is 0.478. The average Bonchev–Trinajstić information content (AvgIpc) is 2.83. The third-order valence-electron chi connectivity index (χ3n) is 6.19. The van der Waals surface area contributed by atoms with E-state index in [0.29, 0.717) is 0 Å². The van der Waals surface area contributed by atoms with Crippen molar-refractivity contribution in [3.05, 3.63) is 54.2 Å². The molecule has 1 nitrogen and oxygen atoms in total. The summed E-state index contributed by atoms with van der Waals surface area (Å²) < 4.78 is 0. The summed E-state index contributed by atoms with van der Waals surface area (Å²) in [5, 5.41) is 2.82. The van der Waals surface area contributed by atoms with E-state index in [4.69, 9.17) is 0 Å². The van der Waals surface area contributed by atoms with E-state index in [1.165, 1.54) is 60.7 Å². The molecule has 2 aliphatic rings. The minimum atomic E-state index is 0.186. The quantitative estimate of drug-likeness (QED) is 0.631. The Balaban J connectivity index is 1.89. The fourth-order valence-electron chi connectivity index (χ4n) is 4.87. The summed E-state index contributed by atoms with van der Waals surface area (Å²) in [5.74, 6) is 0.726. The Bertz CT molecular complexity index is 765. The molecule has 0 amide bonds. The zero-order chi connectivity index (χ0) is 16.7. The van der Waals surface area contributed by atoms with Gasteiger partial charge in [0.2, 0.25) is 0 Å². The number of hydrogen-bond donors (Lipinski definition) is 0. The first kappa shape index (κ1) is 15.7. The predicted octanol–water partition coefficient (Wildman–Crippen LogP) is 6.42. The van der Waals surface area contributed by atoms with E-state index < -0.39 is 0 Å². The molecule has 0 unspecified atom stereocenters. The Morgan fingerprint density at radius 3 is 2.54 bits per heavy atom. The Morgan fingerprint density at radius 2 is 1.79 bits per heavy atom. The number of hydrogen-bond acceptors (Lipinski definition) is 1. The molecule has 24 heavy (non-hydrogen) atoms. The van der Waals surface area contributed by atoms with Gasteiger partial charge < -0.3 is 4.90 Å². The molecular formula is C23H29N. The molecule has 1 heteroatoms. The van der Waals surface area contributed by atoms with Crippen molar-refractivity contribution in [2.45, 2.75) is 57.8 Å². The smallest absolute Gasteiger partial charge is 0.0457 e. The Morgan fingerprint density at radius 1 is 1.04 bits per heavy atom. The molecule has 0 atom stereocenters. The molecule has 0 bridgehead atoms. The van der Waals surface area contributed by atoms with Crippen LogP contribution in [-0.4, -0.2) is 6.54 Å². The summed E-state index contributed by atoms with van der Waals surface area (Å²) in [6, 6.07) is 13.6. The molecule has 2 aromatic carbocycles. The Hall–Kier alpha value is -1.76. The predicted molar refractivity (Wildman–Crippen MR) is 105 cm³/mol. The summed E-state index contributed by atoms with van der Waals surface area (Å²) in [6.07, 6.45) is 7.80. The first-order valence-electron chi connectivity index (χ1n) is 9.63. The van der Waals surface area contributed by atoms with Crippen LogP contribution in [0.5, 0.6) is 0 Å². The lowest BCUT2D eigenvalue weighted by molar-refractivity contribution is 0.347. The van der Waals surface area contributed by atoms with Crippen LogP contribution >= 0.6 is 0 Å². The summed E-state index contributed by atoms with van der Waals surface area (Å²) in [6.45, 7) is 10.4. The van der Waals surface area contributed by atoms with Crippen molar-refractivity contribution in [1.29, 1.82) is 0 Å². The van der Waals surface area contributed by atoms with Gasteiger partial charge >= 0.3 is 0 Å². The highest BCUT2D eigenvalue weighted by molar-refractivity contribution is 5.95. The van der Waals surface area contributed by atoms with Crippen LogP contribution in [0.3, 0.4) is 0 Å². The van der Waals surface area contributed by atoms with Crippen molar-refractivity contribution in [2.75, 3.05) is 11.4 Å². The van der Waals surface area contributed by atoms with Gasteiger partial charge in [0.05, 0.1) is 0 Å². The first-order chi connectivity index (χ1) is 11.6. The molecule has 0 radical (unpaired) electrons. The van der Waals surface area contributed by atoms with Crippen LogP contribution in [0.4, 0.5) is 5.69 Å². The van der Waals surface area contributed by atoms with Crippen molar-refractivity contribution in [3.63, 3.8) is 0 Å². The maximum absolute atomic E-state index is 4.64. The van der Waals surface area contributed by atoms with Crippen LogP contribution in [0, 0.1) is 5.92 Å². The van der Waals surface area contributed by atoms with Crippen molar-refractivity contribution in [3.8, 4) is 0 Å². The van der Waals surface area contributed by atoms with Gasteiger partial charge in [-0.2, -0.15) is 0 Å². The molecule has 0 N–H and O–H groups in total. The van der Waals surface area contributed by atoms with E-state index in [1.54, 1.807) is 5.56 Å². The standard InChI is InChI=1S/C23H29N/c1-17(2)13-16-24-18(3)23(14-7-4-8-15-23)22-20-10-6-5-9-19(20)11-12-21(22)24/h5-6,9-12,17H,3-4,7-8,13-16H2,1-2H3. The molecular weight excluding hydrogens is 290 g/mol. The Labute approximate surface area is 146 Å². The van der Waals surface area contributed by atoms with Gasteiger partial charge in [-0.05, 0) is 47.6 Å². The number of allylic oxidation sites excluding steroid dienone is 1. The lowest BCUT2D eigenvalue weighted by Gasteiger charge is -2.37. The van der Waals surface area contributed by atoms with Crippen LogP contribution in [0.15, 0.2) is 48.7 Å². The zero-order valence-corrected chi connectivity index (χ0v) is 15.1. The molecule has 126 valence electrons. The largest absolute Gasteiger partial charge is 0.345 e. The highest BCUT2D eigenvalue weighted by Crippen LogP contribution is 2.56. The van der Waals surface area contributed by atoms with Gasteiger partial charge in [0.15, 0.2) is 0 Å². The van der Waals surface area contributed by atoms with Crippen molar-refractivity contribution >= 4 is 16.5 Å². The third kappa shape index (κ3) is 2.29. The number of benzene rings is 2. The maximum atomic E-state index is 4.64. The summed E-state index contributed by atoms with van der Waals surface area (Å²) in [5.41, 5.74) is 4.57. The van der Waals surface area contributed by atoms with Crippen molar-refractivity contribution in [2.24, 2.45) is 5.92 Å². The van der Waals surface area contributed by atoms with Gasteiger partial charge in [-0.25, -0.2) is 0 Å². The monoisotopic (exact) mass is 319 g/mol. The van der Waals surface area contributed by atoms with E-state index in [9.17, 15) is 0 Å². The second kappa shape index (κ2) is 5.95. The molecule has 1 fully saturated rings. The summed E-state index contributed by atoms with van der Waals surface area (Å²) in [7, 11) is 0. The number of rotatable bonds is 3. The molecule has 1 saturated carbocycles. The van der Waals surface area contributed by atoms with Gasteiger partial charge in [-0.3, -0.25) is 0 Å². The zero-order valence-electron chi connectivity index (χ0n) is 15.1.